The fourth-order valence-corrected chi connectivity index (χ4v) is 4.50. The molecule has 2 saturated heterocycles. The molecule has 1 N–H and O–H groups in total. The molecular formula is C24H30N4O3. The van der Waals surface area contributed by atoms with E-state index in [4.69, 9.17) is 0 Å². The van der Waals surface area contributed by atoms with Crippen molar-refractivity contribution in [1.29, 1.82) is 0 Å². The minimum Gasteiger partial charge on any atom is -0.353 e. The Balaban J connectivity index is 1.36. The molecule has 1 atom stereocenters. The Labute approximate surface area is 183 Å². The highest BCUT2D eigenvalue weighted by atomic mass is 16.2. The first-order valence-corrected chi connectivity index (χ1v) is 11.0. The van der Waals surface area contributed by atoms with Gasteiger partial charge in [-0.25, -0.2) is 0 Å². The molecule has 0 aromatic heterocycles. The monoisotopic (exact) mass is 422 g/mol. The lowest BCUT2D eigenvalue weighted by atomic mass is 10.1. The third-order valence-electron chi connectivity index (χ3n) is 6.03. The summed E-state index contributed by atoms with van der Waals surface area (Å²) in [5.41, 5.74) is 0.874. The van der Waals surface area contributed by atoms with Gasteiger partial charge in [-0.2, -0.15) is 0 Å². The second-order valence-corrected chi connectivity index (χ2v) is 8.73. The summed E-state index contributed by atoms with van der Waals surface area (Å²) in [5, 5.41) is 5.01. The van der Waals surface area contributed by atoms with E-state index < -0.39 is 0 Å². The van der Waals surface area contributed by atoms with Crippen LogP contribution in [0.15, 0.2) is 42.5 Å². The quantitative estimate of drug-likeness (QED) is 0.798. The van der Waals surface area contributed by atoms with E-state index >= 15 is 0 Å². The van der Waals surface area contributed by atoms with Crippen molar-refractivity contribution >= 4 is 34.2 Å². The van der Waals surface area contributed by atoms with E-state index in [1.165, 1.54) is 0 Å². The van der Waals surface area contributed by atoms with Crippen LogP contribution in [0.1, 0.15) is 20.3 Å². The second-order valence-electron chi connectivity index (χ2n) is 8.73. The first-order chi connectivity index (χ1) is 14.9. The van der Waals surface area contributed by atoms with Crippen molar-refractivity contribution in [3.63, 3.8) is 0 Å². The molecule has 3 amide bonds. The second kappa shape index (κ2) is 9.06. The Kier molecular flexibility index (Phi) is 6.23. The number of rotatable bonds is 5. The van der Waals surface area contributed by atoms with E-state index in [0.717, 1.165) is 16.5 Å². The van der Waals surface area contributed by atoms with Gasteiger partial charge < -0.3 is 15.1 Å². The van der Waals surface area contributed by atoms with Crippen LogP contribution < -0.4 is 10.2 Å². The molecule has 1 unspecified atom stereocenters. The Morgan fingerprint density at radius 2 is 1.74 bits per heavy atom. The number of nitrogens with one attached hydrogen (secondary N) is 1. The number of piperazine rings is 1. The van der Waals surface area contributed by atoms with Crippen molar-refractivity contribution in [2.24, 2.45) is 5.92 Å². The van der Waals surface area contributed by atoms with Crippen LogP contribution in [0.2, 0.25) is 0 Å². The fourth-order valence-electron chi connectivity index (χ4n) is 4.50. The number of fused-ring (bicyclic) bond motifs is 1. The highest BCUT2D eigenvalue weighted by molar-refractivity contribution is 6.07. The molecule has 2 aliphatic heterocycles. The van der Waals surface area contributed by atoms with E-state index in [-0.39, 0.29) is 36.1 Å². The third kappa shape index (κ3) is 4.71. The van der Waals surface area contributed by atoms with Crippen LogP contribution in [0.5, 0.6) is 0 Å². The molecule has 0 radical (unpaired) electrons. The number of hydrogen-bond acceptors (Lipinski definition) is 4. The van der Waals surface area contributed by atoms with Gasteiger partial charge in [-0.1, -0.05) is 36.4 Å². The molecule has 2 fully saturated rings. The lowest BCUT2D eigenvalue weighted by Crippen LogP contribution is -2.52. The van der Waals surface area contributed by atoms with Gasteiger partial charge in [0.25, 0.3) is 0 Å². The zero-order valence-corrected chi connectivity index (χ0v) is 18.2. The first-order valence-electron chi connectivity index (χ1n) is 11.0. The Morgan fingerprint density at radius 1 is 1.03 bits per heavy atom. The maximum absolute atomic E-state index is 13.1. The number of amides is 3. The largest absolute Gasteiger partial charge is 0.353 e. The molecule has 0 aliphatic carbocycles. The number of hydrogen-bond donors (Lipinski definition) is 1. The van der Waals surface area contributed by atoms with Crippen molar-refractivity contribution in [2.45, 2.75) is 26.3 Å². The standard InChI is InChI=1S/C24H30N4O3/c1-17(2)25-22(29)16-26-10-12-27(13-11-26)24(31)19-14-23(30)28(15-19)21-9-5-7-18-6-3-4-8-20(18)21/h3-9,17,19H,10-16H2,1-2H3,(H,25,29). The number of carbonyl (C=O) groups is 3. The lowest BCUT2D eigenvalue weighted by molar-refractivity contribution is -0.137. The Hall–Kier alpha value is -2.93. The molecule has 0 bridgehead atoms. The van der Waals surface area contributed by atoms with E-state index in [2.05, 4.69) is 10.2 Å². The first kappa shape index (κ1) is 21.3. The molecule has 4 rings (SSSR count). The van der Waals surface area contributed by atoms with Crippen LogP contribution in [-0.4, -0.2) is 72.8 Å². The van der Waals surface area contributed by atoms with Crippen molar-refractivity contribution in [3.8, 4) is 0 Å². The number of benzene rings is 2. The molecule has 2 aromatic rings. The molecule has 31 heavy (non-hydrogen) atoms. The van der Waals surface area contributed by atoms with Gasteiger partial charge in [0.05, 0.1) is 18.2 Å². The van der Waals surface area contributed by atoms with Crippen LogP contribution >= 0.6 is 0 Å². The lowest BCUT2D eigenvalue weighted by Gasteiger charge is -2.35. The molecule has 0 saturated carbocycles. The van der Waals surface area contributed by atoms with Crippen LogP contribution in [0.4, 0.5) is 5.69 Å². The van der Waals surface area contributed by atoms with Gasteiger partial charge in [-0.3, -0.25) is 19.3 Å². The molecule has 7 nitrogen and oxygen atoms in total. The zero-order valence-electron chi connectivity index (χ0n) is 18.2. The maximum atomic E-state index is 13.1. The van der Waals surface area contributed by atoms with Crippen molar-refractivity contribution in [1.82, 2.24) is 15.1 Å². The van der Waals surface area contributed by atoms with Crippen molar-refractivity contribution < 1.29 is 14.4 Å². The van der Waals surface area contributed by atoms with E-state index in [1.807, 2.05) is 61.2 Å². The Bertz CT molecular complexity index is 976. The number of anilines is 1. The fraction of sp³-hybridized carbons (Fsp3) is 0.458. The minimum atomic E-state index is -0.317. The van der Waals surface area contributed by atoms with Gasteiger partial charge in [0.1, 0.15) is 0 Å². The zero-order chi connectivity index (χ0) is 22.0. The summed E-state index contributed by atoms with van der Waals surface area (Å²) in [7, 11) is 0. The van der Waals surface area contributed by atoms with Gasteiger partial charge in [0.15, 0.2) is 0 Å². The predicted octanol–water partition coefficient (Wildman–Crippen LogP) is 1.86. The minimum absolute atomic E-state index is 0.00121. The molecule has 164 valence electrons. The van der Waals surface area contributed by atoms with Gasteiger partial charge in [-0.15, -0.1) is 0 Å². The summed E-state index contributed by atoms with van der Waals surface area (Å²) >= 11 is 0. The molecule has 7 heteroatoms. The summed E-state index contributed by atoms with van der Waals surface area (Å²) in [4.78, 5) is 43.5. The summed E-state index contributed by atoms with van der Waals surface area (Å²) in [6.07, 6.45) is 0.249. The summed E-state index contributed by atoms with van der Waals surface area (Å²) in [5.74, 6) is -0.259. The van der Waals surface area contributed by atoms with E-state index in [9.17, 15) is 14.4 Å². The van der Waals surface area contributed by atoms with Gasteiger partial charge in [0.2, 0.25) is 17.7 Å². The third-order valence-corrected chi connectivity index (χ3v) is 6.03. The van der Waals surface area contributed by atoms with Crippen molar-refractivity contribution in [3.05, 3.63) is 42.5 Å². The summed E-state index contributed by atoms with van der Waals surface area (Å²) in [6, 6.07) is 14.1. The SMILES string of the molecule is CC(C)NC(=O)CN1CCN(C(=O)C2CC(=O)N(c3cccc4ccccc34)C2)CC1. The van der Waals surface area contributed by atoms with Crippen LogP contribution in [-0.2, 0) is 14.4 Å². The van der Waals surface area contributed by atoms with Gasteiger partial charge in [0, 0.05) is 50.6 Å². The average molecular weight is 423 g/mol. The van der Waals surface area contributed by atoms with Gasteiger partial charge in [-0.05, 0) is 25.3 Å². The highest BCUT2D eigenvalue weighted by Gasteiger charge is 2.38. The smallest absolute Gasteiger partial charge is 0.234 e. The maximum Gasteiger partial charge on any atom is 0.234 e. The molecular weight excluding hydrogens is 392 g/mol. The normalized spacial score (nSPS) is 20.0. The van der Waals surface area contributed by atoms with Crippen LogP contribution in [0.3, 0.4) is 0 Å². The molecule has 2 heterocycles. The van der Waals surface area contributed by atoms with Crippen molar-refractivity contribution in [2.75, 3.05) is 44.2 Å². The topological polar surface area (TPSA) is 73.0 Å². The molecule has 0 spiro atoms. The van der Waals surface area contributed by atoms with Crippen LogP contribution in [0.25, 0.3) is 10.8 Å². The molecule has 2 aromatic carbocycles. The molecule has 2 aliphatic rings. The average Bonchev–Trinajstić information content (AvgIpc) is 3.14. The summed E-state index contributed by atoms with van der Waals surface area (Å²) < 4.78 is 0. The Morgan fingerprint density at radius 3 is 2.48 bits per heavy atom. The van der Waals surface area contributed by atoms with Gasteiger partial charge >= 0.3 is 0 Å². The number of carbonyl (C=O) groups excluding carboxylic acids is 3. The van der Waals surface area contributed by atoms with Crippen LogP contribution in [0, 0.1) is 5.92 Å². The van der Waals surface area contributed by atoms with E-state index in [0.29, 0.717) is 39.3 Å². The number of nitrogens with zero attached hydrogens (tertiary/aromatic N) is 3. The predicted molar refractivity (Wildman–Crippen MR) is 121 cm³/mol. The highest BCUT2D eigenvalue weighted by Crippen LogP contribution is 2.32. The van der Waals surface area contributed by atoms with E-state index in [1.54, 1.807) is 4.90 Å². The summed E-state index contributed by atoms with van der Waals surface area (Å²) in [6.45, 7) is 7.19.